The SMILES string of the molecule is CC(CC(C)(C)C)N(Cc1ccccc1)C(C)(C)C. The van der Waals surface area contributed by atoms with Crippen molar-refractivity contribution in [3.63, 3.8) is 0 Å². The van der Waals surface area contributed by atoms with Gasteiger partial charge in [0.25, 0.3) is 0 Å². The van der Waals surface area contributed by atoms with Gasteiger partial charge in [0.2, 0.25) is 0 Å². The molecule has 19 heavy (non-hydrogen) atoms. The maximum absolute atomic E-state index is 2.62. The normalized spacial score (nSPS) is 14.7. The van der Waals surface area contributed by atoms with Crippen molar-refractivity contribution in [2.75, 3.05) is 0 Å². The van der Waals surface area contributed by atoms with Gasteiger partial charge in [0, 0.05) is 18.1 Å². The van der Waals surface area contributed by atoms with Crippen molar-refractivity contribution in [3.05, 3.63) is 35.9 Å². The van der Waals surface area contributed by atoms with Crippen LogP contribution in [-0.2, 0) is 6.54 Å². The molecule has 0 aliphatic rings. The summed E-state index contributed by atoms with van der Waals surface area (Å²) in [7, 11) is 0. The van der Waals surface area contributed by atoms with Gasteiger partial charge in [-0.25, -0.2) is 0 Å². The Morgan fingerprint density at radius 3 is 1.89 bits per heavy atom. The molecule has 0 aliphatic carbocycles. The van der Waals surface area contributed by atoms with Gasteiger partial charge in [-0.05, 0) is 45.1 Å². The molecule has 1 unspecified atom stereocenters. The number of benzene rings is 1. The Balaban J connectivity index is 2.84. The molecule has 0 radical (unpaired) electrons. The van der Waals surface area contributed by atoms with Crippen molar-refractivity contribution in [2.24, 2.45) is 5.41 Å². The third-order valence-corrected chi connectivity index (χ3v) is 3.50. The highest BCUT2D eigenvalue weighted by atomic mass is 15.2. The third-order valence-electron chi connectivity index (χ3n) is 3.50. The van der Waals surface area contributed by atoms with Gasteiger partial charge < -0.3 is 0 Å². The Hall–Kier alpha value is -0.820. The molecule has 1 aromatic rings. The van der Waals surface area contributed by atoms with Crippen LogP contribution >= 0.6 is 0 Å². The Morgan fingerprint density at radius 1 is 0.947 bits per heavy atom. The summed E-state index contributed by atoms with van der Waals surface area (Å²) in [5.74, 6) is 0. The summed E-state index contributed by atoms with van der Waals surface area (Å²) in [6, 6.07) is 11.4. The summed E-state index contributed by atoms with van der Waals surface area (Å²) in [5, 5.41) is 0. The topological polar surface area (TPSA) is 3.24 Å². The lowest BCUT2D eigenvalue weighted by Crippen LogP contribution is -2.47. The number of hydrogen-bond acceptors (Lipinski definition) is 1. The van der Waals surface area contributed by atoms with E-state index in [1.54, 1.807) is 0 Å². The molecule has 1 nitrogen and oxygen atoms in total. The van der Waals surface area contributed by atoms with E-state index in [0.29, 0.717) is 11.5 Å². The van der Waals surface area contributed by atoms with Crippen LogP contribution in [0.4, 0.5) is 0 Å². The molecule has 108 valence electrons. The van der Waals surface area contributed by atoms with Crippen molar-refractivity contribution < 1.29 is 0 Å². The molecule has 1 aromatic carbocycles. The highest BCUT2D eigenvalue weighted by molar-refractivity contribution is 5.15. The van der Waals surface area contributed by atoms with E-state index < -0.39 is 0 Å². The van der Waals surface area contributed by atoms with E-state index in [0.717, 1.165) is 6.54 Å². The van der Waals surface area contributed by atoms with Gasteiger partial charge in [0.1, 0.15) is 0 Å². The van der Waals surface area contributed by atoms with Gasteiger partial charge in [0.15, 0.2) is 0 Å². The minimum Gasteiger partial charge on any atom is -0.292 e. The zero-order valence-corrected chi connectivity index (χ0v) is 13.8. The summed E-state index contributed by atoms with van der Waals surface area (Å²) < 4.78 is 0. The van der Waals surface area contributed by atoms with Crippen LogP contribution < -0.4 is 0 Å². The molecular weight excluding hydrogens is 230 g/mol. The Morgan fingerprint density at radius 2 is 1.47 bits per heavy atom. The third kappa shape index (κ3) is 5.78. The minimum atomic E-state index is 0.195. The predicted octanol–water partition coefficient (Wildman–Crippen LogP) is 5.11. The zero-order chi connectivity index (χ0) is 14.7. The van der Waals surface area contributed by atoms with Crippen molar-refractivity contribution >= 4 is 0 Å². The first-order chi connectivity index (χ1) is 8.59. The fraction of sp³-hybridized carbons (Fsp3) is 0.667. The van der Waals surface area contributed by atoms with E-state index in [-0.39, 0.29) is 5.54 Å². The highest BCUT2D eigenvalue weighted by Crippen LogP contribution is 2.28. The molecule has 0 fully saturated rings. The molecule has 1 rings (SSSR count). The fourth-order valence-electron chi connectivity index (χ4n) is 2.83. The zero-order valence-electron chi connectivity index (χ0n) is 13.8. The van der Waals surface area contributed by atoms with Gasteiger partial charge in [0.05, 0.1) is 0 Å². The summed E-state index contributed by atoms with van der Waals surface area (Å²) >= 11 is 0. The maximum Gasteiger partial charge on any atom is 0.0241 e. The quantitative estimate of drug-likeness (QED) is 0.728. The average molecular weight is 261 g/mol. The highest BCUT2D eigenvalue weighted by Gasteiger charge is 2.28. The van der Waals surface area contributed by atoms with E-state index >= 15 is 0 Å². The molecule has 0 saturated heterocycles. The van der Waals surface area contributed by atoms with Crippen LogP contribution in [0.1, 0.15) is 60.5 Å². The van der Waals surface area contributed by atoms with Gasteiger partial charge in [-0.3, -0.25) is 4.90 Å². The Labute approximate surface area is 120 Å². The van der Waals surface area contributed by atoms with Gasteiger partial charge >= 0.3 is 0 Å². The second kappa shape index (κ2) is 6.09. The lowest BCUT2D eigenvalue weighted by molar-refractivity contribution is 0.0591. The van der Waals surface area contributed by atoms with Gasteiger partial charge in [-0.2, -0.15) is 0 Å². The van der Waals surface area contributed by atoms with Crippen LogP contribution in [-0.4, -0.2) is 16.5 Å². The molecule has 1 heteroatoms. The largest absolute Gasteiger partial charge is 0.292 e. The predicted molar refractivity (Wildman–Crippen MR) is 85.3 cm³/mol. The molecule has 0 spiro atoms. The minimum absolute atomic E-state index is 0.195. The van der Waals surface area contributed by atoms with Crippen LogP contribution in [0.25, 0.3) is 0 Å². The smallest absolute Gasteiger partial charge is 0.0241 e. The second-order valence-electron chi connectivity index (χ2n) is 7.90. The van der Waals surface area contributed by atoms with Crippen LogP contribution in [0.5, 0.6) is 0 Å². The number of nitrogens with zero attached hydrogens (tertiary/aromatic N) is 1. The van der Waals surface area contributed by atoms with Gasteiger partial charge in [-0.1, -0.05) is 51.1 Å². The summed E-state index contributed by atoms with van der Waals surface area (Å²) in [4.78, 5) is 2.62. The van der Waals surface area contributed by atoms with E-state index in [1.807, 2.05) is 0 Å². The summed E-state index contributed by atoms with van der Waals surface area (Å²) in [6.45, 7) is 17.3. The maximum atomic E-state index is 2.62. The molecule has 0 aliphatic heterocycles. The van der Waals surface area contributed by atoms with Crippen molar-refractivity contribution in [1.82, 2.24) is 4.90 Å². The molecule has 0 aromatic heterocycles. The number of rotatable bonds is 4. The van der Waals surface area contributed by atoms with Gasteiger partial charge in [-0.15, -0.1) is 0 Å². The molecular formula is C18H31N. The van der Waals surface area contributed by atoms with Crippen LogP contribution in [0.3, 0.4) is 0 Å². The van der Waals surface area contributed by atoms with Crippen LogP contribution in [0.2, 0.25) is 0 Å². The second-order valence-corrected chi connectivity index (χ2v) is 7.90. The average Bonchev–Trinajstić information content (AvgIpc) is 2.23. The van der Waals surface area contributed by atoms with E-state index in [4.69, 9.17) is 0 Å². The van der Waals surface area contributed by atoms with Crippen LogP contribution in [0.15, 0.2) is 30.3 Å². The van der Waals surface area contributed by atoms with Crippen molar-refractivity contribution in [1.29, 1.82) is 0 Å². The van der Waals surface area contributed by atoms with E-state index in [9.17, 15) is 0 Å². The van der Waals surface area contributed by atoms with Crippen molar-refractivity contribution in [2.45, 2.75) is 73.0 Å². The van der Waals surface area contributed by atoms with Crippen molar-refractivity contribution in [3.8, 4) is 0 Å². The van der Waals surface area contributed by atoms with E-state index in [2.05, 4.69) is 83.7 Å². The number of hydrogen-bond donors (Lipinski definition) is 0. The van der Waals surface area contributed by atoms with Crippen LogP contribution in [0, 0.1) is 5.41 Å². The standard InChI is InChI=1S/C18H31N/c1-15(13-17(2,3)4)19(18(5,6)7)14-16-11-9-8-10-12-16/h8-12,15H,13-14H2,1-7H3. The molecule has 0 bridgehead atoms. The van der Waals surface area contributed by atoms with E-state index in [1.165, 1.54) is 12.0 Å². The summed E-state index contributed by atoms with van der Waals surface area (Å²) in [6.07, 6.45) is 1.22. The molecule has 0 heterocycles. The Bertz CT molecular complexity index is 367. The molecule has 1 atom stereocenters. The molecule has 0 saturated carbocycles. The molecule has 0 amide bonds. The lowest BCUT2D eigenvalue weighted by Gasteiger charge is -2.42. The molecule has 0 N–H and O–H groups in total. The first-order valence-corrected chi connectivity index (χ1v) is 7.40. The summed E-state index contributed by atoms with van der Waals surface area (Å²) in [5.41, 5.74) is 1.97. The monoisotopic (exact) mass is 261 g/mol. The Kier molecular flexibility index (Phi) is 5.20. The first kappa shape index (κ1) is 16.2. The lowest BCUT2D eigenvalue weighted by atomic mass is 9.86. The fourth-order valence-corrected chi connectivity index (χ4v) is 2.83. The first-order valence-electron chi connectivity index (χ1n) is 7.40.